The number of hydrogen-bond donors (Lipinski definition) is 3. The number of rotatable bonds is 6. The molecule has 0 radical (unpaired) electrons. The van der Waals surface area contributed by atoms with E-state index in [1.54, 1.807) is 35.6 Å². The van der Waals surface area contributed by atoms with Gasteiger partial charge in [-0.25, -0.2) is 0 Å². The highest BCUT2D eigenvalue weighted by molar-refractivity contribution is 7.07. The summed E-state index contributed by atoms with van der Waals surface area (Å²) in [6, 6.07) is 8.21. The van der Waals surface area contributed by atoms with Gasteiger partial charge >= 0.3 is 0 Å². The summed E-state index contributed by atoms with van der Waals surface area (Å²) in [5.41, 5.74) is 8.03. The Morgan fingerprint density at radius 3 is 2.65 bits per heavy atom. The van der Waals surface area contributed by atoms with Crippen LogP contribution in [0.3, 0.4) is 0 Å². The monoisotopic (exact) mass is 290 g/mol. The fourth-order valence-electron chi connectivity index (χ4n) is 1.87. The lowest BCUT2D eigenvalue weighted by Gasteiger charge is -2.12. The molecule has 0 spiro atoms. The minimum atomic E-state index is -0.568. The van der Waals surface area contributed by atoms with Crippen LogP contribution in [0, 0.1) is 0 Å². The number of amides is 1. The minimum absolute atomic E-state index is 0.145. The Morgan fingerprint density at radius 1 is 1.25 bits per heavy atom. The highest BCUT2D eigenvalue weighted by Gasteiger charge is 2.13. The highest BCUT2D eigenvalue weighted by atomic mass is 32.1. The molecule has 0 bridgehead atoms. The van der Waals surface area contributed by atoms with E-state index in [2.05, 4.69) is 10.7 Å². The summed E-state index contributed by atoms with van der Waals surface area (Å²) in [5.74, 6) is 0.0656. The van der Waals surface area contributed by atoms with Crippen LogP contribution >= 0.6 is 11.3 Å². The molecule has 2 aromatic rings. The van der Waals surface area contributed by atoms with Crippen molar-refractivity contribution in [1.29, 1.82) is 0 Å². The molecular weight excluding hydrogens is 272 g/mol. The van der Waals surface area contributed by atoms with E-state index < -0.39 is 6.04 Å². The average Bonchev–Trinajstić information content (AvgIpc) is 2.94. The van der Waals surface area contributed by atoms with Crippen molar-refractivity contribution < 1.29 is 9.90 Å². The topological polar surface area (TPSA) is 75.3 Å². The van der Waals surface area contributed by atoms with Crippen LogP contribution < -0.4 is 11.1 Å². The maximum atomic E-state index is 11.9. The van der Waals surface area contributed by atoms with Crippen molar-refractivity contribution in [2.24, 2.45) is 5.73 Å². The maximum absolute atomic E-state index is 11.9. The zero-order chi connectivity index (χ0) is 14.4. The van der Waals surface area contributed by atoms with Crippen LogP contribution in [0.4, 0.5) is 0 Å². The molecule has 4 nitrogen and oxygen atoms in total. The Bertz CT molecular complexity index is 538. The molecule has 0 saturated heterocycles. The van der Waals surface area contributed by atoms with E-state index in [0.29, 0.717) is 13.0 Å². The predicted octanol–water partition coefficient (Wildman–Crippen LogP) is 1.68. The normalized spacial score (nSPS) is 12.1. The van der Waals surface area contributed by atoms with E-state index in [1.807, 2.05) is 11.4 Å². The Balaban J connectivity index is 1.75. The van der Waals surface area contributed by atoms with Crippen LogP contribution in [-0.4, -0.2) is 23.6 Å². The van der Waals surface area contributed by atoms with Gasteiger partial charge in [-0.2, -0.15) is 11.3 Å². The summed E-state index contributed by atoms with van der Waals surface area (Å²) < 4.78 is 0. The maximum Gasteiger partial charge on any atom is 0.237 e. The van der Waals surface area contributed by atoms with Crippen LogP contribution in [0.5, 0.6) is 5.75 Å². The molecule has 1 heterocycles. The highest BCUT2D eigenvalue weighted by Crippen LogP contribution is 2.11. The number of carbonyl (C=O) groups excluding carboxylic acids is 1. The number of hydrogen-bond acceptors (Lipinski definition) is 4. The number of phenolic OH excluding ortho intramolecular Hbond substituents is 1. The van der Waals surface area contributed by atoms with Crippen molar-refractivity contribution in [3.05, 3.63) is 52.2 Å². The Kier molecular flexibility index (Phi) is 5.15. The van der Waals surface area contributed by atoms with E-state index >= 15 is 0 Å². The first-order chi connectivity index (χ1) is 9.65. The van der Waals surface area contributed by atoms with E-state index in [4.69, 9.17) is 5.73 Å². The Hall–Kier alpha value is -1.85. The minimum Gasteiger partial charge on any atom is -0.508 e. The first-order valence-corrected chi connectivity index (χ1v) is 7.41. The molecule has 0 aliphatic heterocycles. The number of carbonyl (C=O) groups is 1. The van der Waals surface area contributed by atoms with Gasteiger partial charge in [0.05, 0.1) is 6.04 Å². The van der Waals surface area contributed by atoms with E-state index in [1.165, 1.54) is 5.56 Å². The van der Waals surface area contributed by atoms with Gasteiger partial charge in [0.15, 0.2) is 0 Å². The van der Waals surface area contributed by atoms with Crippen molar-refractivity contribution >= 4 is 17.2 Å². The Morgan fingerprint density at radius 2 is 2.00 bits per heavy atom. The fourth-order valence-corrected chi connectivity index (χ4v) is 2.58. The molecule has 0 saturated carbocycles. The molecule has 20 heavy (non-hydrogen) atoms. The summed E-state index contributed by atoms with van der Waals surface area (Å²) in [7, 11) is 0. The standard InChI is InChI=1S/C15H18N2O2S/c16-14(9-11-1-3-13(18)4-2-11)15(19)17-7-5-12-6-8-20-10-12/h1-4,6,8,10,14,18H,5,7,9,16H2,(H,17,19)/t14-/m1/s1. The zero-order valence-electron chi connectivity index (χ0n) is 11.1. The second-order valence-corrected chi connectivity index (χ2v) is 5.43. The van der Waals surface area contributed by atoms with Gasteiger partial charge in [-0.3, -0.25) is 4.79 Å². The second-order valence-electron chi connectivity index (χ2n) is 4.65. The fraction of sp³-hybridized carbons (Fsp3) is 0.267. The number of thiophene rings is 1. The molecule has 0 unspecified atom stereocenters. The number of aromatic hydroxyl groups is 1. The summed E-state index contributed by atoms with van der Waals surface area (Å²) >= 11 is 1.65. The van der Waals surface area contributed by atoms with Gasteiger partial charge in [-0.05, 0) is 52.9 Å². The number of benzene rings is 1. The van der Waals surface area contributed by atoms with Gasteiger partial charge in [0, 0.05) is 6.54 Å². The smallest absolute Gasteiger partial charge is 0.237 e. The van der Waals surface area contributed by atoms with Crippen LogP contribution in [0.1, 0.15) is 11.1 Å². The van der Waals surface area contributed by atoms with Crippen LogP contribution in [0.2, 0.25) is 0 Å². The van der Waals surface area contributed by atoms with Gasteiger partial charge in [-0.1, -0.05) is 12.1 Å². The summed E-state index contributed by atoms with van der Waals surface area (Å²) in [5, 5.41) is 16.1. The van der Waals surface area contributed by atoms with E-state index in [0.717, 1.165) is 12.0 Å². The van der Waals surface area contributed by atoms with Crippen LogP contribution in [0.15, 0.2) is 41.1 Å². The quantitative estimate of drug-likeness (QED) is 0.757. The van der Waals surface area contributed by atoms with Crippen molar-refractivity contribution in [2.45, 2.75) is 18.9 Å². The first kappa shape index (κ1) is 14.6. The van der Waals surface area contributed by atoms with Crippen molar-refractivity contribution in [2.75, 3.05) is 6.54 Å². The zero-order valence-corrected chi connectivity index (χ0v) is 11.9. The van der Waals surface area contributed by atoms with Gasteiger partial charge in [0.25, 0.3) is 0 Å². The number of nitrogens with two attached hydrogens (primary N) is 1. The SMILES string of the molecule is N[C@H](Cc1ccc(O)cc1)C(=O)NCCc1ccsc1. The first-order valence-electron chi connectivity index (χ1n) is 6.47. The third kappa shape index (κ3) is 4.36. The molecule has 0 aliphatic carbocycles. The summed E-state index contributed by atoms with van der Waals surface area (Å²) in [4.78, 5) is 11.9. The molecule has 1 amide bonds. The molecule has 1 aromatic carbocycles. The van der Waals surface area contributed by atoms with Gasteiger partial charge in [0.2, 0.25) is 5.91 Å². The van der Waals surface area contributed by atoms with Crippen molar-refractivity contribution in [3.63, 3.8) is 0 Å². The lowest BCUT2D eigenvalue weighted by Crippen LogP contribution is -2.42. The molecular formula is C15H18N2O2S. The molecule has 5 heteroatoms. The second kappa shape index (κ2) is 7.07. The summed E-state index contributed by atoms with van der Waals surface area (Å²) in [6.07, 6.45) is 1.28. The summed E-state index contributed by atoms with van der Waals surface area (Å²) in [6.45, 7) is 0.596. The van der Waals surface area contributed by atoms with Gasteiger partial charge in [0.1, 0.15) is 5.75 Å². The van der Waals surface area contributed by atoms with Crippen molar-refractivity contribution in [1.82, 2.24) is 5.32 Å². The molecule has 0 fully saturated rings. The third-order valence-corrected chi connectivity index (χ3v) is 3.75. The van der Waals surface area contributed by atoms with Crippen molar-refractivity contribution in [3.8, 4) is 5.75 Å². The largest absolute Gasteiger partial charge is 0.508 e. The number of phenols is 1. The van der Waals surface area contributed by atoms with Crippen LogP contribution in [-0.2, 0) is 17.6 Å². The van der Waals surface area contributed by atoms with E-state index in [-0.39, 0.29) is 11.7 Å². The lowest BCUT2D eigenvalue weighted by molar-refractivity contribution is -0.122. The van der Waals surface area contributed by atoms with Gasteiger partial charge < -0.3 is 16.2 Å². The van der Waals surface area contributed by atoms with Gasteiger partial charge in [-0.15, -0.1) is 0 Å². The molecule has 1 aromatic heterocycles. The average molecular weight is 290 g/mol. The molecule has 1 atom stereocenters. The molecule has 4 N–H and O–H groups in total. The molecule has 0 aliphatic rings. The van der Waals surface area contributed by atoms with E-state index in [9.17, 15) is 9.90 Å². The third-order valence-electron chi connectivity index (χ3n) is 3.02. The number of nitrogens with one attached hydrogen (secondary N) is 1. The molecule has 106 valence electrons. The lowest BCUT2D eigenvalue weighted by atomic mass is 10.1. The van der Waals surface area contributed by atoms with Crippen LogP contribution in [0.25, 0.3) is 0 Å². The molecule has 2 rings (SSSR count). The Labute approximate surface area is 122 Å². The predicted molar refractivity (Wildman–Crippen MR) is 80.8 cm³/mol.